The van der Waals surface area contributed by atoms with Gasteiger partial charge in [0, 0.05) is 44.6 Å². The molecule has 0 spiro atoms. The fourth-order valence-electron chi connectivity index (χ4n) is 3.88. The molecule has 0 bridgehead atoms. The summed E-state index contributed by atoms with van der Waals surface area (Å²) in [6.45, 7) is 2.15. The van der Waals surface area contributed by atoms with Crippen molar-refractivity contribution in [1.29, 1.82) is 0 Å². The first kappa shape index (κ1) is 20.1. The minimum atomic E-state index is -3.60. The maximum atomic E-state index is 12.6. The molecule has 7 nitrogen and oxygen atoms in total. The van der Waals surface area contributed by atoms with Crippen LogP contribution in [0.25, 0.3) is 0 Å². The van der Waals surface area contributed by atoms with Crippen LogP contribution in [-0.4, -0.2) is 66.3 Å². The summed E-state index contributed by atoms with van der Waals surface area (Å²) in [5.74, 6) is 0.347. The Kier molecular flexibility index (Phi) is 5.54. The van der Waals surface area contributed by atoms with Crippen molar-refractivity contribution in [3.8, 4) is 0 Å². The molecule has 9 heteroatoms. The fraction of sp³-hybridized carbons (Fsp3) is 0.611. The Hall–Kier alpha value is -1.61. The minimum Gasteiger partial charge on any atom is -0.367 e. The zero-order valence-corrected chi connectivity index (χ0v) is 17.4. The van der Waals surface area contributed by atoms with Gasteiger partial charge in [-0.2, -0.15) is 0 Å². The number of anilines is 1. The number of sulfone groups is 2. The molecule has 1 aliphatic carbocycles. The zero-order chi connectivity index (χ0) is 19.8. The van der Waals surface area contributed by atoms with Crippen molar-refractivity contribution in [2.45, 2.75) is 35.5 Å². The van der Waals surface area contributed by atoms with E-state index >= 15 is 0 Å². The normalized spacial score (nSPS) is 19.5. The maximum Gasteiger partial charge on any atom is 0.225 e. The molecule has 0 radical (unpaired) electrons. The van der Waals surface area contributed by atoms with Crippen LogP contribution in [0.1, 0.15) is 25.7 Å². The standard InChI is InChI=1S/C18H26N2O5S2/c1-26(22,23)15-7-8-16(17(13-15)27(2,24)25)19-9-11-20(12-10-19)18(21)14-5-3-4-6-14/h7-8,13-14H,3-6,9-12H2,1-2H3. The second kappa shape index (κ2) is 7.43. The summed E-state index contributed by atoms with van der Waals surface area (Å²) in [5, 5.41) is 0. The van der Waals surface area contributed by atoms with E-state index in [2.05, 4.69) is 0 Å². The van der Waals surface area contributed by atoms with Crippen LogP contribution in [0, 0.1) is 5.92 Å². The van der Waals surface area contributed by atoms with Crippen LogP contribution in [0.2, 0.25) is 0 Å². The molecule has 1 aromatic carbocycles. The third-order valence-electron chi connectivity index (χ3n) is 5.40. The topological polar surface area (TPSA) is 91.8 Å². The second-order valence-electron chi connectivity index (χ2n) is 7.47. The third-order valence-corrected chi connectivity index (χ3v) is 7.63. The molecule has 2 fully saturated rings. The van der Waals surface area contributed by atoms with Crippen LogP contribution < -0.4 is 4.90 Å². The van der Waals surface area contributed by atoms with Gasteiger partial charge in [-0.1, -0.05) is 12.8 Å². The molecule has 0 N–H and O–H groups in total. The lowest BCUT2D eigenvalue weighted by Gasteiger charge is -2.37. The van der Waals surface area contributed by atoms with E-state index < -0.39 is 19.7 Å². The summed E-state index contributed by atoms with van der Waals surface area (Å²) >= 11 is 0. The van der Waals surface area contributed by atoms with Crippen molar-refractivity contribution in [1.82, 2.24) is 4.90 Å². The highest BCUT2D eigenvalue weighted by atomic mass is 32.2. The Morgan fingerprint density at radius 3 is 2.04 bits per heavy atom. The molecule has 1 aromatic rings. The molecule has 27 heavy (non-hydrogen) atoms. The Labute approximate surface area is 161 Å². The summed E-state index contributed by atoms with van der Waals surface area (Å²) < 4.78 is 48.1. The Bertz CT molecular complexity index is 926. The highest BCUT2D eigenvalue weighted by molar-refractivity contribution is 7.91. The summed E-state index contributed by atoms with van der Waals surface area (Å²) in [6.07, 6.45) is 6.29. The highest BCUT2D eigenvalue weighted by Crippen LogP contribution is 2.30. The maximum absolute atomic E-state index is 12.6. The number of amides is 1. The van der Waals surface area contributed by atoms with Gasteiger partial charge in [0.05, 0.1) is 15.5 Å². The van der Waals surface area contributed by atoms with Crippen molar-refractivity contribution >= 4 is 31.3 Å². The highest BCUT2D eigenvalue weighted by Gasteiger charge is 2.30. The summed E-state index contributed by atoms with van der Waals surface area (Å²) in [6, 6.07) is 4.23. The monoisotopic (exact) mass is 414 g/mol. The quantitative estimate of drug-likeness (QED) is 0.738. The summed E-state index contributed by atoms with van der Waals surface area (Å²) in [7, 11) is -7.09. The average Bonchev–Trinajstić information content (AvgIpc) is 3.14. The van der Waals surface area contributed by atoms with E-state index in [1.165, 1.54) is 12.1 Å². The van der Waals surface area contributed by atoms with E-state index in [1.54, 1.807) is 6.07 Å². The molecule has 1 aliphatic heterocycles. The molecular formula is C18H26N2O5S2. The van der Waals surface area contributed by atoms with Crippen LogP contribution in [-0.2, 0) is 24.5 Å². The van der Waals surface area contributed by atoms with Crippen molar-refractivity contribution in [2.75, 3.05) is 43.6 Å². The van der Waals surface area contributed by atoms with Crippen molar-refractivity contribution in [3.05, 3.63) is 18.2 Å². The van der Waals surface area contributed by atoms with Crippen LogP contribution in [0.4, 0.5) is 5.69 Å². The molecular weight excluding hydrogens is 388 g/mol. The smallest absolute Gasteiger partial charge is 0.225 e. The Morgan fingerprint density at radius 1 is 0.926 bits per heavy atom. The average molecular weight is 415 g/mol. The van der Waals surface area contributed by atoms with E-state index in [-0.39, 0.29) is 21.6 Å². The predicted octanol–water partition coefficient (Wildman–Crippen LogP) is 1.33. The van der Waals surface area contributed by atoms with Gasteiger partial charge in [0.25, 0.3) is 0 Å². The first-order chi connectivity index (χ1) is 12.6. The summed E-state index contributed by atoms with van der Waals surface area (Å²) in [4.78, 5) is 16.4. The van der Waals surface area contributed by atoms with Crippen molar-refractivity contribution in [2.24, 2.45) is 5.92 Å². The number of rotatable bonds is 4. The van der Waals surface area contributed by atoms with Crippen molar-refractivity contribution in [3.63, 3.8) is 0 Å². The van der Waals surface area contributed by atoms with Crippen LogP contribution in [0.3, 0.4) is 0 Å². The molecule has 0 aromatic heterocycles. The molecule has 3 rings (SSSR count). The molecule has 150 valence electrons. The molecule has 2 aliphatic rings. The Balaban J connectivity index is 1.80. The van der Waals surface area contributed by atoms with Gasteiger partial charge in [-0.25, -0.2) is 16.8 Å². The van der Waals surface area contributed by atoms with Crippen LogP contribution in [0.15, 0.2) is 28.0 Å². The van der Waals surface area contributed by atoms with Gasteiger partial charge in [-0.05, 0) is 31.0 Å². The Morgan fingerprint density at radius 2 is 1.52 bits per heavy atom. The van der Waals surface area contributed by atoms with Gasteiger partial charge < -0.3 is 9.80 Å². The van der Waals surface area contributed by atoms with Gasteiger partial charge in [0.15, 0.2) is 19.7 Å². The van der Waals surface area contributed by atoms with E-state index in [0.717, 1.165) is 38.2 Å². The lowest BCUT2D eigenvalue weighted by Crippen LogP contribution is -2.50. The van der Waals surface area contributed by atoms with Gasteiger partial charge in [0.2, 0.25) is 5.91 Å². The van der Waals surface area contributed by atoms with Crippen LogP contribution in [0.5, 0.6) is 0 Å². The van der Waals surface area contributed by atoms with Gasteiger partial charge >= 0.3 is 0 Å². The van der Waals surface area contributed by atoms with Gasteiger partial charge in [-0.15, -0.1) is 0 Å². The number of carbonyl (C=O) groups is 1. The van der Waals surface area contributed by atoms with Gasteiger partial charge in [0.1, 0.15) is 0 Å². The minimum absolute atomic E-state index is 0.0123. The predicted molar refractivity (Wildman–Crippen MR) is 103 cm³/mol. The van der Waals surface area contributed by atoms with E-state index in [0.29, 0.717) is 31.9 Å². The summed E-state index contributed by atoms with van der Waals surface area (Å²) in [5.41, 5.74) is 0.498. The number of hydrogen-bond acceptors (Lipinski definition) is 6. The fourth-order valence-corrected chi connectivity index (χ4v) is 5.52. The number of benzene rings is 1. The molecule has 0 atom stereocenters. The van der Waals surface area contributed by atoms with E-state index in [4.69, 9.17) is 0 Å². The van der Waals surface area contributed by atoms with Crippen molar-refractivity contribution < 1.29 is 21.6 Å². The number of hydrogen-bond donors (Lipinski definition) is 0. The molecule has 1 saturated carbocycles. The second-order valence-corrected chi connectivity index (χ2v) is 11.5. The molecule has 1 saturated heterocycles. The van der Waals surface area contributed by atoms with Gasteiger partial charge in [-0.3, -0.25) is 4.79 Å². The third kappa shape index (κ3) is 4.45. The largest absolute Gasteiger partial charge is 0.367 e. The van der Waals surface area contributed by atoms with Crippen LogP contribution >= 0.6 is 0 Å². The number of piperazine rings is 1. The number of nitrogens with zero attached hydrogens (tertiary/aromatic N) is 2. The number of carbonyl (C=O) groups excluding carboxylic acids is 1. The first-order valence-corrected chi connectivity index (χ1v) is 12.9. The lowest BCUT2D eigenvalue weighted by molar-refractivity contribution is -0.135. The molecule has 1 heterocycles. The first-order valence-electron chi connectivity index (χ1n) is 9.15. The zero-order valence-electron chi connectivity index (χ0n) is 15.7. The molecule has 0 unspecified atom stereocenters. The SMILES string of the molecule is CS(=O)(=O)c1ccc(N2CCN(C(=O)C3CCCC3)CC2)c(S(C)(=O)=O)c1. The van der Waals surface area contributed by atoms with E-state index in [9.17, 15) is 21.6 Å². The lowest BCUT2D eigenvalue weighted by atomic mass is 10.1. The van der Waals surface area contributed by atoms with E-state index in [1.807, 2.05) is 9.80 Å². The molecule has 1 amide bonds.